The van der Waals surface area contributed by atoms with Crippen LogP contribution in [0.2, 0.25) is 0 Å². The molecule has 0 aliphatic carbocycles. The van der Waals surface area contributed by atoms with Gasteiger partial charge in [-0.05, 0) is 57.1 Å². The Labute approximate surface area is 162 Å². The summed E-state index contributed by atoms with van der Waals surface area (Å²) in [6, 6.07) is 5.26. The molecule has 1 N–H and O–H groups in total. The molecule has 3 heterocycles. The van der Waals surface area contributed by atoms with Gasteiger partial charge in [-0.2, -0.15) is 4.98 Å². The van der Waals surface area contributed by atoms with Crippen LogP contribution in [-0.2, 0) is 4.79 Å². The number of carbonyl (C=O) groups excluding carboxylic acids is 2. The zero-order chi connectivity index (χ0) is 19.5. The van der Waals surface area contributed by atoms with Crippen LogP contribution in [-0.4, -0.2) is 66.7 Å². The smallest absolute Gasteiger partial charge is 0.316 e. The molecule has 1 aromatic carbocycles. The average Bonchev–Trinajstić information content (AvgIpc) is 3.40. The van der Waals surface area contributed by atoms with Crippen molar-refractivity contribution in [3.05, 3.63) is 24.1 Å². The lowest BCUT2D eigenvalue weighted by molar-refractivity contribution is -0.120. The minimum atomic E-state index is -0.375. The molecule has 1 aromatic heterocycles. The molecule has 0 spiro atoms. The van der Waals surface area contributed by atoms with Crippen LogP contribution in [0.1, 0.15) is 29.9 Å². The number of fused-ring (bicyclic) bond motifs is 1. The molecule has 0 atom stereocenters. The van der Waals surface area contributed by atoms with E-state index in [4.69, 9.17) is 9.26 Å². The van der Waals surface area contributed by atoms with Crippen LogP contribution in [0.15, 0.2) is 22.7 Å². The van der Waals surface area contributed by atoms with Crippen molar-refractivity contribution in [2.75, 3.05) is 44.7 Å². The van der Waals surface area contributed by atoms with Gasteiger partial charge in [-0.3, -0.25) is 9.59 Å². The Balaban J connectivity index is 1.36. The molecule has 0 bridgehead atoms. The maximum Gasteiger partial charge on any atom is 0.316 e. The number of aromatic nitrogens is 2. The van der Waals surface area contributed by atoms with E-state index in [0.29, 0.717) is 29.4 Å². The standard InChI is InChI=1S/C19H23N5O4/c1-23-14-6-5-13(11-15(14)27-12-16(23)25)17-21-19(28-22-17)18(26)20-7-4-10-24-8-2-3-9-24/h5-6,11H,2-4,7-10,12H2,1H3,(H,20,26). The number of anilines is 1. The van der Waals surface area contributed by atoms with Crippen LogP contribution in [0.5, 0.6) is 5.75 Å². The zero-order valence-electron chi connectivity index (χ0n) is 15.8. The Morgan fingerprint density at radius 2 is 2.11 bits per heavy atom. The van der Waals surface area contributed by atoms with Gasteiger partial charge in [-0.15, -0.1) is 0 Å². The zero-order valence-corrected chi connectivity index (χ0v) is 15.8. The van der Waals surface area contributed by atoms with E-state index in [9.17, 15) is 9.59 Å². The van der Waals surface area contributed by atoms with Crippen molar-refractivity contribution < 1.29 is 18.8 Å². The van der Waals surface area contributed by atoms with E-state index in [0.717, 1.165) is 26.1 Å². The quantitative estimate of drug-likeness (QED) is 0.748. The van der Waals surface area contributed by atoms with E-state index in [1.54, 1.807) is 30.1 Å². The molecule has 0 unspecified atom stereocenters. The summed E-state index contributed by atoms with van der Waals surface area (Å²) < 4.78 is 10.6. The molecular formula is C19H23N5O4. The van der Waals surface area contributed by atoms with Crippen molar-refractivity contribution in [2.24, 2.45) is 0 Å². The number of likely N-dealkylation sites (N-methyl/N-ethyl adjacent to an activating group) is 1. The third-order valence-electron chi connectivity index (χ3n) is 5.06. The highest BCUT2D eigenvalue weighted by Crippen LogP contribution is 2.34. The fraction of sp³-hybridized carbons (Fsp3) is 0.474. The van der Waals surface area contributed by atoms with E-state index in [1.165, 1.54) is 12.8 Å². The second-order valence-electron chi connectivity index (χ2n) is 7.01. The second kappa shape index (κ2) is 7.97. The summed E-state index contributed by atoms with van der Waals surface area (Å²) in [5, 5.41) is 6.71. The van der Waals surface area contributed by atoms with Gasteiger partial charge >= 0.3 is 11.8 Å². The Morgan fingerprint density at radius 3 is 2.93 bits per heavy atom. The van der Waals surface area contributed by atoms with Crippen molar-refractivity contribution in [1.82, 2.24) is 20.4 Å². The summed E-state index contributed by atoms with van der Waals surface area (Å²) in [4.78, 5) is 32.0. The topological polar surface area (TPSA) is 101 Å². The highest BCUT2D eigenvalue weighted by atomic mass is 16.5. The molecule has 0 radical (unpaired) electrons. The molecule has 2 aromatic rings. The molecule has 9 nitrogen and oxygen atoms in total. The van der Waals surface area contributed by atoms with Crippen LogP contribution in [0.25, 0.3) is 11.4 Å². The predicted molar refractivity (Wildman–Crippen MR) is 101 cm³/mol. The maximum absolute atomic E-state index is 12.2. The van der Waals surface area contributed by atoms with Crippen LogP contribution >= 0.6 is 0 Å². The Bertz CT molecular complexity index is 875. The van der Waals surface area contributed by atoms with E-state index in [2.05, 4.69) is 20.4 Å². The third kappa shape index (κ3) is 3.84. The molecule has 1 fully saturated rings. The summed E-state index contributed by atoms with van der Waals surface area (Å²) in [5.41, 5.74) is 1.33. The molecule has 2 aliphatic heterocycles. The highest BCUT2D eigenvalue weighted by molar-refractivity contribution is 5.97. The monoisotopic (exact) mass is 385 g/mol. The van der Waals surface area contributed by atoms with E-state index in [-0.39, 0.29) is 24.3 Å². The van der Waals surface area contributed by atoms with Crippen LogP contribution < -0.4 is 15.0 Å². The summed E-state index contributed by atoms with van der Waals surface area (Å²) in [5.74, 6) is 0.316. The lowest BCUT2D eigenvalue weighted by atomic mass is 10.1. The summed E-state index contributed by atoms with van der Waals surface area (Å²) in [6.07, 6.45) is 3.41. The van der Waals surface area contributed by atoms with Gasteiger partial charge in [-0.1, -0.05) is 5.16 Å². The van der Waals surface area contributed by atoms with Gasteiger partial charge in [0.15, 0.2) is 6.61 Å². The van der Waals surface area contributed by atoms with Gasteiger partial charge in [0.1, 0.15) is 5.75 Å². The first-order chi connectivity index (χ1) is 13.6. The number of likely N-dealkylation sites (tertiary alicyclic amines) is 1. The number of amides is 2. The number of hydrogen-bond acceptors (Lipinski definition) is 7. The second-order valence-corrected chi connectivity index (χ2v) is 7.01. The van der Waals surface area contributed by atoms with E-state index in [1.807, 2.05) is 0 Å². The number of nitrogens with zero attached hydrogens (tertiary/aromatic N) is 4. The van der Waals surface area contributed by atoms with Crippen molar-refractivity contribution in [1.29, 1.82) is 0 Å². The SMILES string of the molecule is CN1C(=O)COc2cc(-c3noc(C(=O)NCCCN4CCCC4)n3)ccc21. The molecule has 4 rings (SSSR count). The number of carbonyl (C=O) groups is 2. The Morgan fingerprint density at radius 1 is 1.29 bits per heavy atom. The first-order valence-electron chi connectivity index (χ1n) is 9.50. The number of benzene rings is 1. The minimum Gasteiger partial charge on any atom is -0.482 e. The maximum atomic E-state index is 12.2. The first kappa shape index (κ1) is 18.4. The molecule has 2 amide bonds. The molecule has 28 heavy (non-hydrogen) atoms. The van der Waals surface area contributed by atoms with Gasteiger partial charge in [0.25, 0.3) is 5.91 Å². The lowest BCUT2D eigenvalue weighted by Crippen LogP contribution is -2.35. The van der Waals surface area contributed by atoms with Gasteiger partial charge in [0, 0.05) is 19.2 Å². The van der Waals surface area contributed by atoms with E-state index < -0.39 is 0 Å². The highest BCUT2D eigenvalue weighted by Gasteiger charge is 2.24. The number of hydrogen-bond donors (Lipinski definition) is 1. The summed E-state index contributed by atoms with van der Waals surface area (Å²) in [7, 11) is 1.70. The van der Waals surface area contributed by atoms with Crippen LogP contribution in [0.3, 0.4) is 0 Å². The van der Waals surface area contributed by atoms with Gasteiger partial charge in [0.2, 0.25) is 5.82 Å². The fourth-order valence-electron chi connectivity index (χ4n) is 3.44. The molecule has 2 aliphatic rings. The van der Waals surface area contributed by atoms with E-state index >= 15 is 0 Å². The number of nitrogens with one attached hydrogen (secondary N) is 1. The van der Waals surface area contributed by atoms with Crippen molar-refractivity contribution in [3.8, 4) is 17.1 Å². The lowest BCUT2D eigenvalue weighted by Gasteiger charge is -2.25. The molecule has 0 saturated carbocycles. The number of ether oxygens (including phenoxy) is 1. The van der Waals surface area contributed by atoms with Crippen molar-refractivity contribution >= 4 is 17.5 Å². The number of rotatable bonds is 6. The predicted octanol–water partition coefficient (Wildman–Crippen LogP) is 1.31. The van der Waals surface area contributed by atoms with Gasteiger partial charge in [0.05, 0.1) is 5.69 Å². The largest absolute Gasteiger partial charge is 0.482 e. The molecular weight excluding hydrogens is 362 g/mol. The van der Waals surface area contributed by atoms with Gasteiger partial charge < -0.3 is 24.4 Å². The Hall–Kier alpha value is -2.94. The first-order valence-corrected chi connectivity index (χ1v) is 9.50. The Kier molecular flexibility index (Phi) is 5.25. The minimum absolute atomic E-state index is 0.00964. The van der Waals surface area contributed by atoms with Crippen molar-refractivity contribution in [2.45, 2.75) is 19.3 Å². The molecule has 148 valence electrons. The average molecular weight is 385 g/mol. The van der Waals surface area contributed by atoms with Crippen molar-refractivity contribution in [3.63, 3.8) is 0 Å². The third-order valence-corrected chi connectivity index (χ3v) is 5.06. The van der Waals surface area contributed by atoms with Gasteiger partial charge in [-0.25, -0.2) is 0 Å². The van der Waals surface area contributed by atoms with Crippen LogP contribution in [0, 0.1) is 0 Å². The summed E-state index contributed by atoms with van der Waals surface area (Å²) in [6.45, 7) is 3.84. The molecule has 1 saturated heterocycles. The summed E-state index contributed by atoms with van der Waals surface area (Å²) >= 11 is 0. The normalized spacial score (nSPS) is 16.8. The molecule has 9 heteroatoms. The fourth-order valence-corrected chi connectivity index (χ4v) is 3.44. The van der Waals surface area contributed by atoms with Crippen LogP contribution in [0.4, 0.5) is 5.69 Å².